The molecule has 0 aromatic carbocycles. The topological polar surface area (TPSA) is 16.1 Å². The minimum atomic E-state index is -0.265. The maximum absolute atomic E-state index is 13.6. The molecule has 1 aliphatic heterocycles. The Hall–Kier alpha value is -0.900. The molecule has 0 saturated carbocycles. The van der Waals surface area contributed by atoms with Crippen LogP contribution in [0.5, 0.6) is 0 Å². The molecule has 1 aromatic heterocycles. The normalized spacial score (nSPS) is 16.5. The second-order valence-electron chi connectivity index (χ2n) is 3.72. The summed E-state index contributed by atoms with van der Waals surface area (Å²) in [7, 11) is 0. The Balaban J connectivity index is 2.26. The van der Waals surface area contributed by atoms with Crippen molar-refractivity contribution in [1.29, 1.82) is 0 Å². The van der Waals surface area contributed by atoms with Crippen molar-refractivity contribution in [2.75, 3.05) is 18.0 Å². The Morgan fingerprint density at radius 3 is 3.00 bits per heavy atom. The van der Waals surface area contributed by atoms with Gasteiger partial charge in [0.15, 0.2) is 11.6 Å². The number of hydrogen-bond acceptors (Lipinski definition) is 2. The SMILES string of the molecule is CC1=CCCN(c2ncc(Br)cc2F)C1. The number of anilines is 1. The monoisotopic (exact) mass is 270 g/mol. The lowest BCUT2D eigenvalue weighted by atomic mass is 10.1. The van der Waals surface area contributed by atoms with Gasteiger partial charge in [0.1, 0.15) is 0 Å². The molecule has 0 radical (unpaired) electrons. The van der Waals surface area contributed by atoms with Crippen molar-refractivity contribution in [2.24, 2.45) is 0 Å². The summed E-state index contributed by atoms with van der Waals surface area (Å²) in [5.41, 5.74) is 1.27. The van der Waals surface area contributed by atoms with Gasteiger partial charge in [-0.2, -0.15) is 0 Å². The molecule has 1 aliphatic rings. The highest BCUT2D eigenvalue weighted by Gasteiger charge is 2.15. The third-order valence-corrected chi connectivity index (χ3v) is 2.85. The summed E-state index contributed by atoms with van der Waals surface area (Å²) in [4.78, 5) is 6.08. The fraction of sp³-hybridized carbons (Fsp3) is 0.364. The van der Waals surface area contributed by atoms with Crippen molar-refractivity contribution < 1.29 is 4.39 Å². The summed E-state index contributed by atoms with van der Waals surface area (Å²) in [5.74, 6) is 0.185. The molecule has 0 saturated heterocycles. The first-order valence-corrected chi connectivity index (χ1v) is 5.68. The van der Waals surface area contributed by atoms with Crippen LogP contribution in [0.4, 0.5) is 10.2 Å². The van der Waals surface area contributed by atoms with Gasteiger partial charge in [0.05, 0.1) is 0 Å². The van der Waals surface area contributed by atoms with Gasteiger partial charge >= 0.3 is 0 Å². The molecule has 80 valence electrons. The predicted molar refractivity (Wildman–Crippen MR) is 62.5 cm³/mol. The van der Waals surface area contributed by atoms with E-state index >= 15 is 0 Å². The van der Waals surface area contributed by atoms with Crippen LogP contribution in [0.1, 0.15) is 13.3 Å². The van der Waals surface area contributed by atoms with Gasteiger partial charge in [-0.15, -0.1) is 0 Å². The van der Waals surface area contributed by atoms with Crippen LogP contribution in [0.3, 0.4) is 0 Å². The van der Waals surface area contributed by atoms with E-state index < -0.39 is 0 Å². The van der Waals surface area contributed by atoms with Gasteiger partial charge < -0.3 is 4.90 Å². The zero-order valence-corrected chi connectivity index (χ0v) is 10.1. The van der Waals surface area contributed by atoms with Gasteiger partial charge in [0.25, 0.3) is 0 Å². The Labute approximate surface area is 96.9 Å². The van der Waals surface area contributed by atoms with Gasteiger partial charge in [0.2, 0.25) is 0 Å². The van der Waals surface area contributed by atoms with E-state index in [1.165, 1.54) is 11.6 Å². The van der Waals surface area contributed by atoms with Crippen LogP contribution in [0, 0.1) is 5.82 Å². The maximum Gasteiger partial charge on any atom is 0.166 e. The standard InChI is InChI=1S/C11H12BrFN2/c1-8-3-2-4-15(7-8)11-10(13)5-9(12)6-14-11/h3,5-6H,2,4,7H2,1H3. The van der Waals surface area contributed by atoms with Crippen LogP contribution in [0.25, 0.3) is 0 Å². The highest BCUT2D eigenvalue weighted by Crippen LogP contribution is 2.22. The fourth-order valence-electron chi connectivity index (χ4n) is 1.73. The molecule has 0 amide bonds. The quantitative estimate of drug-likeness (QED) is 0.729. The third kappa shape index (κ3) is 2.37. The summed E-state index contributed by atoms with van der Waals surface area (Å²) in [6.07, 6.45) is 4.78. The number of nitrogens with zero attached hydrogens (tertiary/aromatic N) is 2. The molecule has 0 bridgehead atoms. The average Bonchev–Trinajstić information content (AvgIpc) is 2.17. The molecule has 2 rings (SSSR count). The van der Waals surface area contributed by atoms with Gasteiger partial charge in [-0.1, -0.05) is 11.6 Å². The van der Waals surface area contributed by atoms with Crippen LogP contribution in [-0.4, -0.2) is 18.1 Å². The summed E-state index contributed by atoms with van der Waals surface area (Å²) in [6.45, 7) is 3.66. The second-order valence-corrected chi connectivity index (χ2v) is 4.64. The van der Waals surface area contributed by atoms with E-state index in [9.17, 15) is 4.39 Å². The summed E-state index contributed by atoms with van der Waals surface area (Å²) in [5, 5.41) is 0. The number of hydrogen-bond donors (Lipinski definition) is 0. The van der Waals surface area contributed by atoms with Crippen molar-refractivity contribution in [3.63, 3.8) is 0 Å². The summed E-state index contributed by atoms with van der Waals surface area (Å²) in [6, 6.07) is 1.45. The third-order valence-electron chi connectivity index (χ3n) is 2.42. The molecule has 0 fully saturated rings. The molecule has 0 N–H and O–H groups in total. The van der Waals surface area contributed by atoms with E-state index in [1.807, 2.05) is 4.90 Å². The number of pyridine rings is 1. The molecule has 2 nitrogen and oxygen atoms in total. The number of halogens is 2. The lowest BCUT2D eigenvalue weighted by Crippen LogP contribution is -2.30. The van der Waals surface area contributed by atoms with Crippen molar-refractivity contribution >= 4 is 21.7 Å². The van der Waals surface area contributed by atoms with E-state index in [4.69, 9.17) is 0 Å². The van der Waals surface area contributed by atoms with E-state index in [1.54, 1.807) is 6.20 Å². The molecular formula is C11H12BrFN2. The fourth-order valence-corrected chi connectivity index (χ4v) is 2.04. The van der Waals surface area contributed by atoms with Crippen molar-refractivity contribution in [2.45, 2.75) is 13.3 Å². The molecule has 4 heteroatoms. The van der Waals surface area contributed by atoms with Crippen molar-refractivity contribution in [3.05, 3.63) is 34.2 Å². The lowest BCUT2D eigenvalue weighted by Gasteiger charge is -2.27. The molecule has 1 aromatic rings. The first-order valence-electron chi connectivity index (χ1n) is 4.88. The largest absolute Gasteiger partial charge is 0.350 e. The van der Waals surface area contributed by atoms with E-state index in [2.05, 4.69) is 33.9 Å². The number of aromatic nitrogens is 1. The van der Waals surface area contributed by atoms with Crippen LogP contribution in [0.2, 0.25) is 0 Å². The highest BCUT2D eigenvalue weighted by atomic mass is 79.9. The zero-order valence-electron chi connectivity index (χ0n) is 8.50. The van der Waals surface area contributed by atoms with Gasteiger partial charge in [-0.3, -0.25) is 0 Å². The van der Waals surface area contributed by atoms with Gasteiger partial charge in [0, 0.05) is 23.8 Å². The van der Waals surface area contributed by atoms with Crippen LogP contribution < -0.4 is 4.90 Å². The molecule has 0 unspecified atom stereocenters. The van der Waals surface area contributed by atoms with Crippen LogP contribution in [-0.2, 0) is 0 Å². The van der Waals surface area contributed by atoms with E-state index in [-0.39, 0.29) is 5.82 Å². The molecule has 15 heavy (non-hydrogen) atoms. The molecule has 2 heterocycles. The second kappa shape index (κ2) is 4.31. The lowest BCUT2D eigenvalue weighted by molar-refractivity contribution is 0.607. The first kappa shape index (κ1) is 10.6. The van der Waals surface area contributed by atoms with Crippen molar-refractivity contribution in [1.82, 2.24) is 4.98 Å². The van der Waals surface area contributed by atoms with Crippen LogP contribution >= 0.6 is 15.9 Å². The highest BCUT2D eigenvalue weighted by molar-refractivity contribution is 9.10. The van der Waals surface area contributed by atoms with Gasteiger partial charge in [-0.25, -0.2) is 9.37 Å². The van der Waals surface area contributed by atoms with Gasteiger partial charge in [-0.05, 0) is 35.3 Å². The molecule has 0 spiro atoms. The Bertz CT molecular complexity index is 404. The minimum Gasteiger partial charge on any atom is -0.350 e. The molecule has 0 aliphatic carbocycles. The van der Waals surface area contributed by atoms with Crippen LogP contribution in [0.15, 0.2) is 28.4 Å². The van der Waals surface area contributed by atoms with E-state index in [0.29, 0.717) is 10.3 Å². The molecular weight excluding hydrogens is 259 g/mol. The zero-order chi connectivity index (χ0) is 10.8. The Kier molecular flexibility index (Phi) is 3.05. The predicted octanol–water partition coefficient (Wildman–Crippen LogP) is 3.14. The first-order chi connectivity index (χ1) is 7.16. The van der Waals surface area contributed by atoms with Crippen molar-refractivity contribution in [3.8, 4) is 0 Å². The minimum absolute atomic E-state index is 0.265. The summed E-state index contributed by atoms with van der Waals surface area (Å²) < 4.78 is 14.3. The number of rotatable bonds is 1. The average molecular weight is 271 g/mol. The Morgan fingerprint density at radius 1 is 1.53 bits per heavy atom. The summed E-state index contributed by atoms with van der Waals surface area (Å²) >= 11 is 3.20. The Morgan fingerprint density at radius 2 is 2.33 bits per heavy atom. The van der Waals surface area contributed by atoms with E-state index in [0.717, 1.165) is 19.5 Å². The smallest absolute Gasteiger partial charge is 0.166 e. The maximum atomic E-state index is 13.6. The molecule has 0 atom stereocenters.